The van der Waals surface area contributed by atoms with Crippen LogP contribution in [0.25, 0.3) is 10.8 Å². The average molecular weight is 286 g/mol. The summed E-state index contributed by atoms with van der Waals surface area (Å²) < 4.78 is 1.86. The van der Waals surface area contributed by atoms with E-state index in [0.717, 1.165) is 32.3 Å². The molecule has 20 heavy (non-hydrogen) atoms. The number of rotatable bonds is 3. The minimum absolute atomic E-state index is 0.0234. The largest absolute Gasteiger partial charge is 0.390 e. The SMILES string of the molecule is Cc1nnc(Sc2ncc(CO)n2C)c2ccccc12. The van der Waals surface area contributed by atoms with Crippen molar-refractivity contribution >= 4 is 22.5 Å². The van der Waals surface area contributed by atoms with Gasteiger partial charge in [0.25, 0.3) is 0 Å². The minimum atomic E-state index is -0.0234. The maximum absolute atomic E-state index is 9.21. The number of nitrogens with zero attached hydrogens (tertiary/aromatic N) is 4. The van der Waals surface area contributed by atoms with Gasteiger partial charge in [0.05, 0.1) is 24.2 Å². The number of aromatic nitrogens is 4. The van der Waals surface area contributed by atoms with Gasteiger partial charge in [-0.1, -0.05) is 24.3 Å². The smallest absolute Gasteiger partial charge is 0.174 e. The summed E-state index contributed by atoms with van der Waals surface area (Å²) >= 11 is 1.46. The van der Waals surface area contributed by atoms with Crippen molar-refractivity contribution in [1.29, 1.82) is 0 Å². The maximum Gasteiger partial charge on any atom is 0.174 e. The highest BCUT2D eigenvalue weighted by atomic mass is 32.2. The Balaban J connectivity index is 2.07. The highest BCUT2D eigenvalue weighted by molar-refractivity contribution is 7.99. The van der Waals surface area contributed by atoms with E-state index in [1.54, 1.807) is 6.20 Å². The molecule has 0 atom stereocenters. The molecule has 0 fully saturated rings. The standard InChI is InChI=1S/C14H14N4OS/c1-9-11-5-3-4-6-12(11)13(17-16-9)20-14-15-7-10(8-19)18(14)2/h3-7,19H,8H2,1-2H3. The lowest BCUT2D eigenvalue weighted by molar-refractivity contribution is 0.271. The summed E-state index contributed by atoms with van der Waals surface area (Å²) in [6, 6.07) is 8.07. The Kier molecular flexibility index (Phi) is 3.42. The Labute approximate surface area is 120 Å². The Bertz CT molecular complexity index is 769. The Morgan fingerprint density at radius 2 is 1.95 bits per heavy atom. The fourth-order valence-corrected chi connectivity index (χ4v) is 2.94. The second-order valence-corrected chi connectivity index (χ2v) is 5.44. The summed E-state index contributed by atoms with van der Waals surface area (Å²) in [5.74, 6) is 0. The molecule has 1 N–H and O–H groups in total. The summed E-state index contributed by atoms with van der Waals surface area (Å²) in [6.07, 6.45) is 1.67. The molecular weight excluding hydrogens is 272 g/mol. The zero-order valence-electron chi connectivity index (χ0n) is 11.2. The minimum Gasteiger partial charge on any atom is -0.390 e. The van der Waals surface area contributed by atoms with Crippen molar-refractivity contribution in [2.75, 3.05) is 0 Å². The molecule has 0 aliphatic carbocycles. The monoisotopic (exact) mass is 286 g/mol. The van der Waals surface area contributed by atoms with Crippen LogP contribution in [0.2, 0.25) is 0 Å². The summed E-state index contributed by atoms with van der Waals surface area (Å²) in [4.78, 5) is 4.31. The number of aliphatic hydroxyl groups excluding tert-OH is 1. The molecule has 0 spiro atoms. The van der Waals surface area contributed by atoms with E-state index >= 15 is 0 Å². The molecule has 0 aliphatic heterocycles. The van der Waals surface area contributed by atoms with E-state index in [0.29, 0.717) is 0 Å². The van der Waals surface area contributed by atoms with E-state index in [1.165, 1.54) is 11.8 Å². The molecule has 6 heteroatoms. The van der Waals surface area contributed by atoms with Gasteiger partial charge in [0, 0.05) is 17.8 Å². The number of fused-ring (bicyclic) bond motifs is 1. The molecule has 0 aliphatic rings. The van der Waals surface area contributed by atoms with Crippen LogP contribution in [0.1, 0.15) is 11.4 Å². The third-order valence-electron chi connectivity index (χ3n) is 3.23. The van der Waals surface area contributed by atoms with Gasteiger partial charge < -0.3 is 9.67 Å². The molecule has 0 bridgehead atoms. The fraction of sp³-hybridized carbons (Fsp3) is 0.214. The van der Waals surface area contributed by atoms with Crippen LogP contribution in [0.4, 0.5) is 0 Å². The average Bonchev–Trinajstić information content (AvgIpc) is 2.83. The molecule has 0 saturated carbocycles. The first-order chi connectivity index (χ1) is 9.70. The molecule has 0 amide bonds. The van der Waals surface area contributed by atoms with Crippen LogP contribution in [-0.4, -0.2) is 24.9 Å². The Morgan fingerprint density at radius 1 is 1.20 bits per heavy atom. The number of aryl methyl sites for hydroxylation is 1. The van der Waals surface area contributed by atoms with Crippen molar-refractivity contribution in [1.82, 2.24) is 19.7 Å². The fourth-order valence-electron chi connectivity index (χ4n) is 2.04. The molecule has 3 aromatic rings. The van der Waals surface area contributed by atoms with Gasteiger partial charge in [0.2, 0.25) is 0 Å². The van der Waals surface area contributed by atoms with E-state index < -0.39 is 0 Å². The van der Waals surface area contributed by atoms with Crippen LogP contribution in [0.15, 0.2) is 40.6 Å². The van der Waals surface area contributed by atoms with Crippen LogP contribution >= 0.6 is 11.8 Å². The number of aliphatic hydroxyl groups is 1. The van der Waals surface area contributed by atoms with Gasteiger partial charge in [0.1, 0.15) is 5.03 Å². The zero-order valence-corrected chi connectivity index (χ0v) is 12.1. The van der Waals surface area contributed by atoms with E-state index in [4.69, 9.17) is 0 Å². The summed E-state index contributed by atoms with van der Waals surface area (Å²) in [5, 5.41) is 21.5. The number of imidazole rings is 1. The van der Waals surface area contributed by atoms with Crippen molar-refractivity contribution in [2.24, 2.45) is 7.05 Å². The lowest BCUT2D eigenvalue weighted by atomic mass is 10.1. The first-order valence-electron chi connectivity index (χ1n) is 6.22. The molecule has 5 nitrogen and oxygen atoms in total. The molecular formula is C14H14N4OS. The second-order valence-electron chi connectivity index (χ2n) is 4.49. The molecule has 1 aromatic carbocycles. The molecule has 2 heterocycles. The van der Waals surface area contributed by atoms with E-state index in [2.05, 4.69) is 15.2 Å². The van der Waals surface area contributed by atoms with Crippen molar-refractivity contribution in [2.45, 2.75) is 23.7 Å². The van der Waals surface area contributed by atoms with Gasteiger partial charge in [-0.3, -0.25) is 0 Å². The lowest BCUT2D eigenvalue weighted by Gasteiger charge is -2.07. The number of hydrogen-bond acceptors (Lipinski definition) is 5. The predicted molar refractivity (Wildman–Crippen MR) is 77.5 cm³/mol. The summed E-state index contributed by atoms with van der Waals surface area (Å²) in [7, 11) is 1.88. The Morgan fingerprint density at radius 3 is 2.65 bits per heavy atom. The molecule has 0 saturated heterocycles. The van der Waals surface area contributed by atoms with Crippen LogP contribution in [0, 0.1) is 6.92 Å². The third kappa shape index (κ3) is 2.17. The molecule has 0 unspecified atom stereocenters. The van der Waals surface area contributed by atoms with Crippen molar-refractivity contribution < 1.29 is 5.11 Å². The Hall–Kier alpha value is -1.92. The molecule has 0 radical (unpaired) electrons. The number of hydrogen-bond donors (Lipinski definition) is 1. The molecule has 102 valence electrons. The second kappa shape index (κ2) is 5.22. The van der Waals surface area contributed by atoms with Gasteiger partial charge in [-0.25, -0.2) is 4.98 Å². The van der Waals surface area contributed by atoms with Gasteiger partial charge in [-0.05, 0) is 18.7 Å². The van der Waals surface area contributed by atoms with Crippen LogP contribution in [0.5, 0.6) is 0 Å². The van der Waals surface area contributed by atoms with Crippen molar-refractivity contribution in [3.05, 3.63) is 41.9 Å². The maximum atomic E-state index is 9.21. The van der Waals surface area contributed by atoms with E-state index in [1.807, 2.05) is 42.8 Å². The zero-order chi connectivity index (χ0) is 14.1. The summed E-state index contributed by atoms with van der Waals surface area (Å²) in [5.41, 5.74) is 1.69. The van der Waals surface area contributed by atoms with Crippen molar-refractivity contribution in [3.8, 4) is 0 Å². The quantitative estimate of drug-likeness (QED) is 0.800. The first-order valence-corrected chi connectivity index (χ1v) is 7.03. The lowest BCUT2D eigenvalue weighted by Crippen LogP contribution is -1.98. The third-order valence-corrected chi connectivity index (χ3v) is 4.29. The van der Waals surface area contributed by atoms with Gasteiger partial charge in [-0.15, -0.1) is 5.10 Å². The van der Waals surface area contributed by atoms with Crippen molar-refractivity contribution in [3.63, 3.8) is 0 Å². The number of benzene rings is 1. The van der Waals surface area contributed by atoms with Crippen LogP contribution in [-0.2, 0) is 13.7 Å². The van der Waals surface area contributed by atoms with E-state index in [-0.39, 0.29) is 6.61 Å². The highest BCUT2D eigenvalue weighted by Gasteiger charge is 2.12. The van der Waals surface area contributed by atoms with Gasteiger partial charge in [0.15, 0.2) is 5.16 Å². The topological polar surface area (TPSA) is 63.8 Å². The molecule has 2 aromatic heterocycles. The first kappa shape index (κ1) is 13.1. The summed E-state index contributed by atoms with van der Waals surface area (Å²) in [6.45, 7) is 1.93. The highest BCUT2D eigenvalue weighted by Crippen LogP contribution is 2.31. The van der Waals surface area contributed by atoms with Gasteiger partial charge in [-0.2, -0.15) is 5.10 Å². The van der Waals surface area contributed by atoms with E-state index in [9.17, 15) is 5.11 Å². The molecule has 3 rings (SSSR count). The predicted octanol–water partition coefficient (Wildman–Crippen LogP) is 2.32. The van der Waals surface area contributed by atoms with Crippen LogP contribution < -0.4 is 0 Å². The van der Waals surface area contributed by atoms with Gasteiger partial charge >= 0.3 is 0 Å². The normalized spacial score (nSPS) is 11.2. The van der Waals surface area contributed by atoms with Crippen LogP contribution in [0.3, 0.4) is 0 Å².